The summed E-state index contributed by atoms with van der Waals surface area (Å²) < 4.78 is 0. The highest BCUT2D eigenvalue weighted by Crippen LogP contribution is 2.33. The lowest BCUT2D eigenvalue weighted by Crippen LogP contribution is -2.45. The van der Waals surface area contributed by atoms with E-state index >= 15 is 0 Å². The highest BCUT2D eigenvalue weighted by Gasteiger charge is 2.41. The average molecular weight is 325 g/mol. The van der Waals surface area contributed by atoms with E-state index in [-0.39, 0.29) is 17.1 Å². The van der Waals surface area contributed by atoms with Gasteiger partial charge in [-0.15, -0.1) is 0 Å². The van der Waals surface area contributed by atoms with Gasteiger partial charge >= 0.3 is 5.97 Å². The maximum atomic E-state index is 12.5. The van der Waals surface area contributed by atoms with E-state index in [2.05, 4.69) is 12.6 Å². The molecule has 0 radical (unpaired) electrons. The third kappa shape index (κ3) is 3.55. The minimum absolute atomic E-state index is 0.0821. The fourth-order valence-electron chi connectivity index (χ4n) is 2.72. The molecule has 0 spiro atoms. The van der Waals surface area contributed by atoms with E-state index < -0.39 is 12.0 Å². The zero-order chi connectivity index (χ0) is 15.4. The molecule has 114 valence electrons. The van der Waals surface area contributed by atoms with Crippen LogP contribution in [0.15, 0.2) is 30.3 Å². The quantitative estimate of drug-likeness (QED) is 0.814. The third-order valence-electron chi connectivity index (χ3n) is 3.87. The monoisotopic (exact) mass is 325 g/mol. The van der Waals surface area contributed by atoms with Gasteiger partial charge in [0.2, 0.25) is 5.91 Å². The van der Waals surface area contributed by atoms with Crippen LogP contribution in [0.4, 0.5) is 0 Å². The molecule has 1 aromatic carbocycles. The summed E-state index contributed by atoms with van der Waals surface area (Å²) in [4.78, 5) is 25.5. The van der Waals surface area contributed by atoms with Crippen LogP contribution in [0, 0.1) is 0 Å². The van der Waals surface area contributed by atoms with Crippen molar-refractivity contribution in [3.05, 3.63) is 35.9 Å². The van der Waals surface area contributed by atoms with Crippen molar-refractivity contribution in [2.45, 2.75) is 23.6 Å². The van der Waals surface area contributed by atoms with E-state index in [1.807, 2.05) is 36.6 Å². The molecule has 0 aromatic heterocycles. The fourth-order valence-corrected chi connectivity index (χ4v) is 3.81. The van der Waals surface area contributed by atoms with Crippen LogP contribution >= 0.6 is 24.4 Å². The Morgan fingerprint density at radius 3 is 2.62 bits per heavy atom. The molecule has 1 N–H and O–H groups in total. The zero-order valence-corrected chi connectivity index (χ0v) is 13.5. The van der Waals surface area contributed by atoms with Gasteiger partial charge in [-0.25, -0.2) is 4.79 Å². The number of nitrogens with zero attached hydrogens (tertiary/aromatic N) is 1. The van der Waals surface area contributed by atoms with Crippen LogP contribution in [0.25, 0.3) is 0 Å². The second-order valence-electron chi connectivity index (χ2n) is 5.09. The van der Waals surface area contributed by atoms with Gasteiger partial charge in [0.25, 0.3) is 0 Å². The first-order valence-electron chi connectivity index (χ1n) is 6.80. The van der Waals surface area contributed by atoms with Crippen LogP contribution in [0.2, 0.25) is 0 Å². The van der Waals surface area contributed by atoms with E-state index in [0.29, 0.717) is 18.7 Å². The predicted molar refractivity (Wildman–Crippen MR) is 88.1 cm³/mol. The SMILES string of the molecule is CSC(CS)C(=O)N1C[C@@H](c2ccccc2)C[C@H]1C(=O)O. The normalized spacial score (nSPS) is 23.0. The molecule has 1 amide bonds. The second-order valence-corrected chi connectivity index (χ2v) is 6.50. The lowest BCUT2D eigenvalue weighted by atomic mass is 9.96. The highest BCUT2D eigenvalue weighted by molar-refractivity contribution is 8.00. The number of aliphatic carboxylic acids is 1. The van der Waals surface area contributed by atoms with E-state index in [0.717, 1.165) is 5.56 Å². The summed E-state index contributed by atoms with van der Waals surface area (Å²) in [6.45, 7) is 0.463. The van der Waals surface area contributed by atoms with Crippen LogP contribution in [0.3, 0.4) is 0 Å². The van der Waals surface area contributed by atoms with Crippen LogP contribution in [-0.2, 0) is 9.59 Å². The van der Waals surface area contributed by atoms with Crippen molar-refractivity contribution in [3.8, 4) is 0 Å². The Bertz CT molecular complexity index is 505. The summed E-state index contributed by atoms with van der Waals surface area (Å²) >= 11 is 5.60. The number of rotatable bonds is 5. The topological polar surface area (TPSA) is 57.6 Å². The molecule has 1 fully saturated rings. The molecule has 0 bridgehead atoms. The Morgan fingerprint density at radius 1 is 1.43 bits per heavy atom. The Labute approximate surface area is 134 Å². The Balaban J connectivity index is 2.20. The number of hydrogen-bond donors (Lipinski definition) is 2. The highest BCUT2D eigenvalue weighted by atomic mass is 32.2. The lowest BCUT2D eigenvalue weighted by Gasteiger charge is -2.25. The first kappa shape index (κ1) is 16.2. The number of benzene rings is 1. The van der Waals surface area contributed by atoms with Gasteiger partial charge in [-0.1, -0.05) is 30.3 Å². The minimum Gasteiger partial charge on any atom is -0.480 e. The molecule has 6 heteroatoms. The second kappa shape index (κ2) is 7.22. The summed E-state index contributed by atoms with van der Waals surface area (Å²) in [7, 11) is 0. The van der Waals surface area contributed by atoms with Gasteiger partial charge in [0.05, 0.1) is 5.25 Å². The number of thioether (sulfide) groups is 1. The van der Waals surface area contributed by atoms with Gasteiger partial charge < -0.3 is 10.0 Å². The molecule has 2 rings (SSSR count). The largest absolute Gasteiger partial charge is 0.480 e. The van der Waals surface area contributed by atoms with Crippen molar-refractivity contribution in [1.82, 2.24) is 4.90 Å². The molecule has 4 nitrogen and oxygen atoms in total. The van der Waals surface area contributed by atoms with Gasteiger partial charge in [0, 0.05) is 18.2 Å². The molecule has 1 aliphatic rings. The first-order valence-corrected chi connectivity index (χ1v) is 8.72. The zero-order valence-electron chi connectivity index (χ0n) is 11.8. The summed E-state index contributed by atoms with van der Waals surface area (Å²) in [6, 6.07) is 9.05. The number of carboxylic acids is 1. The number of likely N-dealkylation sites (tertiary alicyclic amines) is 1. The average Bonchev–Trinajstić information content (AvgIpc) is 2.94. The van der Waals surface area contributed by atoms with Crippen molar-refractivity contribution in [2.24, 2.45) is 0 Å². The van der Waals surface area contributed by atoms with Gasteiger partial charge in [0.1, 0.15) is 6.04 Å². The third-order valence-corrected chi connectivity index (χ3v) is 5.42. The number of hydrogen-bond acceptors (Lipinski definition) is 4. The van der Waals surface area contributed by atoms with Gasteiger partial charge in [-0.2, -0.15) is 24.4 Å². The smallest absolute Gasteiger partial charge is 0.326 e. The predicted octanol–water partition coefficient (Wildman–Crippen LogP) is 2.12. The Morgan fingerprint density at radius 2 is 2.10 bits per heavy atom. The van der Waals surface area contributed by atoms with E-state index in [1.54, 1.807) is 0 Å². The molecule has 0 saturated carbocycles. The maximum Gasteiger partial charge on any atom is 0.326 e. The number of carboxylic acid groups (broad SMARTS) is 1. The molecule has 21 heavy (non-hydrogen) atoms. The number of thiol groups is 1. The van der Waals surface area contributed by atoms with Crippen LogP contribution < -0.4 is 0 Å². The number of carbonyl (C=O) groups excluding carboxylic acids is 1. The van der Waals surface area contributed by atoms with Crippen molar-refractivity contribution in [3.63, 3.8) is 0 Å². The maximum absolute atomic E-state index is 12.5. The van der Waals surface area contributed by atoms with Crippen molar-refractivity contribution >= 4 is 36.3 Å². The van der Waals surface area contributed by atoms with Gasteiger partial charge in [0.15, 0.2) is 0 Å². The lowest BCUT2D eigenvalue weighted by molar-refractivity contribution is -0.147. The summed E-state index contributed by atoms with van der Waals surface area (Å²) in [6.07, 6.45) is 2.32. The van der Waals surface area contributed by atoms with E-state index in [4.69, 9.17) is 0 Å². The molecule has 1 aliphatic heterocycles. The molecular weight excluding hydrogens is 306 g/mol. The van der Waals surface area contributed by atoms with Crippen LogP contribution in [0.1, 0.15) is 17.9 Å². The first-order chi connectivity index (χ1) is 10.1. The molecule has 1 heterocycles. The molecule has 3 atom stereocenters. The molecule has 1 aromatic rings. The number of carbonyl (C=O) groups is 2. The van der Waals surface area contributed by atoms with Gasteiger partial charge in [-0.3, -0.25) is 4.79 Å². The van der Waals surface area contributed by atoms with E-state index in [9.17, 15) is 14.7 Å². The van der Waals surface area contributed by atoms with Crippen molar-refractivity contribution < 1.29 is 14.7 Å². The van der Waals surface area contributed by atoms with Crippen LogP contribution in [-0.4, -0.2) is 51.7 Å². The van der Waals surface area contributed by atoms with Gasteiger partial charge in [-0.05, 0) is 18.2 Å². The summed E-state index contributed by atoms with van der Waals surface area (Å²) in [5, 5.41) is 9.12. The molecular formula is C15H19NO3S2. The fraction of sp³-hybridized carbons (Fsp3) is 0.467. The van der Waals surface area contributed by atoms with Crippen molar-refractivity contribution in [1.29, 1.82) is 0 Å². The summed E-state index contributed by atoms with van der Waals surface area (Å²) in [5.74, 6) is -0.554. The van der Waals surface area contributed by atoms with E-state index in [1.165, 1.54) is 16.7 Å². The standard InChI is InChI=1S/C15H19NO3S2/c1-21-13(9-20)14(17)16-8-11(7-12(16)15(18)19)10-5-3-2-4-6-10/h2-6,11-13,20H,7-9H2,1H3,(H,18,19)/t11-,12-,13?/m0/s1. The molecule has 1 unspecified atom stereocenters. The number of amides is 1. The van der Waals surface area contributed by atoms with Crippen molar-refractivity contribution in [2.75, 3.05) is 18.6 Å². The Kier molecular flexibility index (Phi) is 5.58. The Hall–Kier alpha value is -1.14. The summed E-state index contributed by atoms with van der Waals surface area (Å²) in [5.41, 5.74) is 1.09. The molecule has 1 saturated heterocycles. The van der Waals surface area contributed by atoms with Crippen LogP contribution in [0.5, 0.6) is 0 Å². The minimum atomic E-state index is -0.930. The molecule has 0 aliphatic carbocycles.